The molecule has 104 valence electrons. The molecule has 4 nitrogen and oxygen atoms in total. The van der Waals surface area contributed by atoms with Gasteiger partial charge in [-0.25, -0.2) is 4.98 Å². The number of carboxylic acid groups (broad SMARTS) is 1. The van der Waals surface area contributed by atoms with Gasteiger partial charge in [0.2, 0.25) is 0 Å². The molecule has 0 saturated heterocycles. The Morgan fingerprint density at radius 1 is 1.55 bits per heavy atom. The molecule has 5 heteroatoms. The van der Waals surface area contributed by atoms with Crippen LogP contribution in [0.1, 0.15) is 29.0 Å². The predicted molar refractivity (Wildman–Crippen MR) is 76.0 cm³/mol. The summed E-state index contributed by atoms with van der Waals surface area (Å²) in [5.41, 5.74) is 3.49. The van der Waals surface area contributed by atoms with Crippen molar-refractivity contribution in [3.05, 3.63) is 52.6 Å². The zero-order valence-electron chi connectivity index (χ0n) is 11.1. The van der Waals surface area contributed by atoms with Crippen LogP contribution in [0.5, 0.6) is 0 Å². The number of imidazole rings is 1. The van der Waals surface area contributed by atoms with Gasteiger partial charge in [0.15, 0.2) is 0 Å². The summed E-state index contributed by atoms with van der Waals surface area (Å²) in [6, 6.07) is 6.20. The normalized spacial score (nSPS) is 20.9. The molecule has 2 aromatic rings. The summed E-state index contributed by atoms with van der Waals surface area (Å²) in [6.45, 7) is 2.77. The molecular formula is C15H15ClN2O2. The predicted octanol–water partition coefficient (Wildman–Crippen LogP) is 3.08. The quantitative estimate of drug-likeness (QED) is 0.941. The topological polar surface area (TPSA) is 55.1 Å². The van der Waals surface area contributed by atoms with Crippen LogP contribution in [-0.4, -0.2) is 20.6 Å². The van der Waals surface area contributed by atoms with E-state index in [-0.39, 0.29) is 11.8 Å². The summed E-state index contributed by atoms with van der Waals surface area (Å²) in [6.07, 6.45) is 4.25. The second-order valence-electron chi connectivity index (χ2n) is 5.34. The number of aromatic nitrogens is 2. The van der Waals surface area contributed by atoms with Crippen LogP contribution in [0.2, 0.25) is 5.15 Å². The fourth-order valence-electron chi connectivity index (χ4n) is 2.58. The van der Waals surface area contributed by atoms with Crippen molar-refractivity contribution in [1.29, 1.82) is 0 Å². The number of nitrogens with zero attached hydrogens (tertiary/aromatic N) is 2. The smallest absolute Gasteiger partial charge is 0.307 e. The SMILES string of the molecule is Cc1cc([C@H]2C[C@@H]2C(=O)O)ccc1Cn1cnc(Cl)c1. The molecule has 0 unspecified atom stereocenters. The van der Waals surface area contributed by atoms with Crippen LogP contribution in [0, 0.1) is 12.8 Å². The highest BCUT2D eigenvalue weighted by atomic mass is 35.5. The number of benzene rings is 1. The molecule has 20 heavy (non-hydrogen) atoms. The number of hydrogen-bond donors (Lipinski definition) is 1. The van der Waals surface area contributed by atoms with Crippen molar-refractivity contribution in [2.75, 3.05) is 0 Å². The van der Waals surface area contributed by atoms with Crippen molar-refractivity contribution in [2.24, 2.45) is 5.92 Å². The van der Waals surface area contributed by atoms with Crippen LogP contribution in [0.3, 0.4) is 0 Å². The van der Waals surface area contributed by atoms with E-state index in [9.17, 15) is 4.79 Å². The minimum Gasteiger partial charge on any atom is -0.481 e. The lowest BCUT2D eigenvalue weighted by molar-refractivity contribution is -0.138. The van der Waals surface area contributed by atoms with Gasteiger partial charge in [-0.3, -0.25) is 4.79 Å². The lowest BCUT2D eigenvalue weighted by Crippen LogP contribution is -2.01. The van der Waals surface area contributed by atoms with Crippen LogP contribution in [0.25, 0.3) is 0 Å². The van der Waals surface area contributed by atoms with E-state index in [1.807, 2.05) is 10.6 Å². The number of aryl methyl sites for hydroxylation is 1. The lowest BCUT2D eigenvalue weighted by Gasteiger charge is -2.09. The molecule has 1 aliphatic carbocycles. The van der Waals surface area contributed by atoms with Gasteiger partial charge >= 0.3 is 5.97 Å². The number of hydrogen-bond acceptors (Lipinski definition) is 2. The minimum absolute atomic E-state index is 0.183. The van der Waals surface area contributed by atoms with Crippen LogP contribution in [0.4, 0.5) is 0 Å². The van der Waals surface area contributed by atoms with Gasteiger partial charge in [0.1, 0.15) is 5.15 Å². The third-order valence-electron chi connectivity index (χ3n) is 3.86. The zero-order valence-corrected chi connectivity index (χ0v) is 11.8. The molecule has 0 spiro atoms. The Hall–Kier alpha value is -1.81. The summed E-state index contributed by atoms with van der Waals surface area (Å²) >= 11 is 5.80. The Bertz CT molecular complexity index is 666. The molecule has 1 heterocycles. The maximum atomic E-state index is 10.9. The van der Waals surface area contributed by atoms with Crippen LogP contribution in [-0.2, 0) is 11.3 Å². The Kier molecular flexibility index (Phi) is 3.26. The fourth-order valence-corrected chi connectivity index (χ4v) is 2.75. The molecule has 0 bridgehead atoms. The van der Waals surface area contributed by atoms with E-state index in [4.69, 9.17) is 16.7 Å². The maximum Gasteiger partial charge on any atom is 0.307 e. The van der Waals surface area contributed by atoms with Gasteiger partial charge in [0, 0.05) is 12.7 Å². The molecule has 0 radical (unpaired) electrons. The second kappa shape index (κ2) is 4.94. The van der Waals surface area contributed by atoms with E-state index in [2.05, 4.69) is 24.0 Å². The van der Waals surface area contributed by atoms with Crippen molar-refractivity contribution < 1.29 is 9.90 Å². The highest BCUT2D eigenvalue weighted by molar-refractivity contribution is 6.29. The molecular weight excluding hydrogens is 276 g/mol. The average Bonchev–Trinajstić information content (AvgIpc) is 3.10. The number of carboxylic acids is 1. The first-order valence-corrected chi connectivity index (χ1v) is 6.92. The molecule has 0 amide bonds. The van der Waals surface area contributed by atoms with Gasteiger partial charge in [0.25, 0.3) is 0 Å². The lowest BCUT2D eigenvalue weighted by atomic mass is 10.0. The first-order valence-electron chi connectivity index (χ1n) is 6.54. The van der Waals surface area contributed by atoms with E-state index in [1.54, 1.807) is 12.5 Å². The van der Waals surface area contributed by atoms with E-state index < -0.39 is 5.97 Å². The Balaban J connectivity index is 1.76. The zero-order chi connectivity index (χ0) is 14.3. The third kappa shape index (κ3) is 2.56. The number of rotatable bonds is 4. The first kappa shape index (κ1) is 13.2. The van der Waals surface area contributed by atoms with Crippen molar-refractivity contribution in [1.82, 2.24) is 9.55 Å². The third-order valence-corrected chi connectivity index (χ3v) is 4.05. The molecule has 1 saturated carbocycles. The minimum atomic E-state index is -0.690. The summed E-state index contributed by atoms with van der Waals surface area (Å²) < 4.78 is 1.93. The second-order valence-corrected chi connectivity index (χ2v) is 5.73. The molecule has 1 fully saturated rings. The number of carbonyl (C=O) groups is 1. The van der Waals surface area contributed by atoms with Crippen molar-refractivity contribution in [2.45, 2.75) is 25.8 Å². The van der Waals surface area contributed by atoms with Crippen molar-refractivity contribution in [3.63, 3.8) is 0 Å². The monoisotopic (exact) mass is 290 g/mol. The Labute approximate surface area is 122 Å². The Morgan fingerprint density at radius 2 is 2.35 bits per heavy atom. The number of halogens is 1. The summed E-state index contributed by atoms with van der Waals surface area (Å²) in [5.74, 6) is -0.708. The standard InChI is InChI=1S/C15H15ClN2O2/c1-9-4-10(12-5-13(12)15(19)20)2-3-11(9)6-18-7-14(16)17-8-18/h2-4,7-8,12-13H,5-6H2,1H3,(H,19,20)/t12-,13+/m1/s1. The van der Waals surface area contributed by atoms with Gasteiger partial charge in [-0.1, -0.05) is 29.8 Å². The average molecular weight is 291 g/mol. The van der Waals surface area contributed by atoms with Gasteiger partial charge in [-0.2, -0.15) is 0 Å². The molecule has 3 rings (SSSR count). The molecule has 1 aliphatic rings. The summed E-state index contributed by atoms with van der Waals surface area (Å²) in [7, 11) is 0. The van der Waals surface area contributed by atoms with Crippen LogP contribution >= 0.6 is 11.6 Å². The first-order chi connectivity index (χ1) is 9.54. The molecule has 1 aromatic heterocycles. The summed E-state index contributed by atoms with van der Waals surface area (Å²) in [5, 5.41) is 9.47. The van der Waals surface area contributed by atoms with E-state index in [1.165, 1.54) is 11.1 Å². The van der Waals surface area contributed by atoms with Crippen molar-refractivity contribution >= 4 is 17.6 Å². The van der Waals surface area contributed by atoms with Gasteiger partial charge in [-0.05, 0) is 36.0 Å². The van der Waals surface area contributed by atoms with E-state index >= 15 is 0 Å². The van der Waals surface area contributed by atoms with Gasteiger partial charge < -0.3 is 9.67 Å². The largest absolute Gasteiger partial charge is 0.481 e. The molecule has 1 aromatic carbocycles. The molecule has 0 aliphatic heterocycles. The summed E-state index contributed by atoms with van der Waals surface area (Å²) in [4.78, 5) is 14.9. The van der Waals surface area contributed by atoms with E-state index in [0.717, 1.165) is 18.5 Å². The van der Waals surface area contributed by atoms with E-state index in [0.29, 0.717) is 5.15 Å². The highest BCUT2D eigenvalue weighted by Gasteiger charge is 2.44. The molecule has 1 N–H and O–H groups in total. The van der Waals surface area contributed by atoms with Gasteiger partial charge in [0.05, 0.1) is 12.2 Å². The fraction of sp³-hybridized carbons (Fsp3) is 0.333. The van der Waals surface area contributed by atoms with Gasteiger partial charge in [-0.15, -0.1) is 0 Å². The Morgan fingerprint density at radius 3 is 2.90 bits per heavy atom. The molecule has 2 atom stereocenters. The highest BCUT2D eigenvalue weighted by Crippen LogP contribution is 2.47. The van der Waals surface area contributed by atoms with Crippen LogP contribution < -0.4 is 0 Å². The maximum absolute atomic E-state index is 10.9. The van der Waals surface area contributed by atoms with Crippen molar-refractivity contribution in [3.8, 4) is 0 Å². The van der Waals surface area contributed by atoms with Crippen LogP contribution in [0.15, 0.2) is 30.7 Å². The number of aliphatic carboxylic acids is 1.